The van der Waals surface area contributed by atoms with Crippen molar-refractivity contribution in [2.24, 2.45) is 0 Å². The summed E-state index contributed by atoms with van der Waals surface area (Å²) in [5, 5.41) is 13.6. The molecule has 31 heavy (non-hydrogen) atoms. The number of rotatable bonds is 7. The molecule has 7 heteroatoms. The minimum Gasteiger partial charge on any atom is -0.481 e. The van der Waals surface area contributed by atoms with Crippen LogP contribution in [0.25, 0.3) is 23.1 Å². The van der Waals surface area contributed by atoms with Crippen molar-refractivity contribution in [1.82, 2.24) is 19.6 Å². The second kappa shape index (κ2) is 10.9. The second-order valence-corrected chi connectivity index (χ2v) is 6.24. The number of benzene rings is 1. The highest BCUT2D eigenvalue weighted by atomic mass is 16.5. The van der Waals surface area contributed by atoms with Crippen LogP contribution in [0.1, 0.15) is 25.8 Å². The predicted molar refractivity (Wildman–Crippen MR) is 121 cm³/mol. The molecule has 0 spiro atoms. The summed E-state index contributed by atoms with van der Waals surface area (Å²) in [5.41, 5.74) is 2.24. The summed E-state index contributed by atoms with van der Waals surface area (Å²) in [5.74, 6) is 2.00. The summed E-state index contributed by atoms with van der Waals surface area (Å²) in [6.45, 7) is 4.11. The van der Waals surface area contributed by atoms with Gasteiger partial charge >= 0.3 is 0 Å². The summed E-state index contributed by atoms with van der Waals surface area (Å²) in [4.78, 5) is 9.04. The Labute approximate surface area is 181 Å². The molecule has 0 bridgehead atoms. The van der Waals surface area contributed by atoms with Crippen LogP contribution >= 0.6 is 0 Å². The molecular weight excluding hydrogens is 392 g/mol. The SMILES string of the molecule is CC.COc1cccc(-c2nc(Oc3ccccc3)c3cc(/C=C/CCO)cn3n2)n1. The Hall–Kier alpha value is -3.71. The molecule has 3 heterocycles. The minimum absolute atomic E-state index is 0.109. The number of aromatic nitrogens is 4. The smallest absolute Gasteiger partial charge is 0.247 e. The lowest BCUT2D eigenvalue weighted by Crippen LogP contribution is -2.02. The van der Waals surface area contributed by atoms with Gasteiger partial charge in [0, 0.05) is 18.9 Å². The molecule has 1 aromatic carbocycles. The van der Waals surface area contributed by atoms with Crippen molar-refractivity contribution in [1.29, 1.82) is 0 Å². The van der Waals surface area contributed by atoms with E-state index in [0.717, 1.165) is 11.1 Å². The van der Waals surface area contributed by atoms with E-state index in [9.17, 15) is 0 Å². The average molecular weight is 418 g/mol. The van der Waals surface area contributed by atoms with Gasteiger partial charge < -0.3 is 14.6 Å². The van der Waals surface area contributed by atoms with E-state index in [2.05, 4.69) is 15.1 Å². The van der Waals surface area contributed by atoms with Crippen molar-refractivity contribution in [3.63, 3.8) is 0 Å². The minimum atomic E-state index is 0.109. The van der Waals surface area contributed by atoms with Crippen LogP contribution in [0.4, 0.5) is 0 Å². The number of hydrogen-bond donors (Lipinski definition) is 1. The van der Waals surface area contributed by atoms with Gasteiger partial charge in [-0.15, -0.1) is 5.10 Å². The molecule has 0 radical (unpaired) electrons. The average Bonchev–Trinajstić information content (AvgIpc) is 3.24. The molecule has 1 N–H and O–H groups in total. The Morgan fingerprint density at radius 1 is 1.03 bits per heavy atom. The zero-order valence-corrected chi connectivity index (χ0v) is 17.9. The van der Waals surface area contributed by atoms with Crippen molar-refractivity contribution in [2.45, 2.75) is 20.3 Å². The molecule has 0 fully saturated rings. The van der Waals surface area contributed by atoms with Crippen molar-refractivity contribution in [3.05, 3.63) is 72.4 Å². The number of ether oxygens (including phenoxy) is 2. The number of para-hydroxylation sites is 1. The van der Waals surface area contributed by atoms with E-state index in [1.54, 1.807) is 17.7 Å². The number of aliphatic hydroxyl groups is 1. The third-order valence-corrected chi connectivity index (χ3v) is 4.18. The van der Waals surface area contributed by atoms with Gasteiger partial charge in [0.15, 0.2) is 0 Å². The first-order chi connectivity index (χ1) is 15.3. The maximum Gasteiger partial charge on any atom is 0.247 e. The maximum atomic E-state index is 8.98. The Morgan fingerprint density at radius 2 is 1.84 bits per heavy atom. The van der Waals surface area contributed by atoms with Gasteiger partial charge in [0.1, 0.15) is 17.0 Å². The van der Waals surface area contributed by atoms with Gasteiger partial charge in [0.25, 0.3) is 0 Å². The van der Waals surface area contributed by atoms with Crippen LogP contribution in [0, 0.1) is 0 Å². The van der Waals surface area contributed by atoms with Gasteiger partial charge in [-0.1, -0.05) is 50.3 Å². The molecule has 0 aliphatic heterocycles. The largest absolute Gasteiger partial charge is 0.481 e. The van der Waals surface area contributed by atoms with Gasteiger partial charge in [-0.2, -0.15) is 4.98 Å². The van der Waals surface area contributed by atoms with Crippen LogP contribution in [0.3, 0.4) is 0 Å². The summed E-state index contributed by atoms with van der Waals surface area (Å²) >= 11 is 0. The third kappa shape index (κ3) is 5.46. The van der Waals surface area contributed by atoms with Crippen molar-refractivity contribution < 1.29 is 14.6 Å². The topological polar surface area (TPSA) is 81.8 Å². The molecule has 3 aromatic heterocycles. The Morgan fingerprint density at radius 3 is 2.58 bits per heavy atom. The lowest BCUT2D eigenvalue weighted by atomic mass is 10.2. The molecule has 0 atom stereocenters. The van der Waals surface area contributed by atoms with Gasteiger partial charge in [0.05, 0.1) is 7.11 Å². The first-order valence-corrected chi connectivity index (χ1v) is 10.2. The van der Waals surface area contributed by atoms with E-state index in [1.807, 2.05) is 80.7 Å². The number of aliphatic hydroxyl groups excluding tert-OH is 1. The van der Waals surface area contributed by atoms with E-state index in [4.69, 9.17) is 14.6 Å². The van der Waals surface area contributed by atoms with E-state index in [0.29, 0.717) is 35.4 Å². The summed E-state index contributed by atoms with van der Waals surface area (Å²) in [6.07, 6.45) is 6.31. The quantitative estimate of drug-likeness (QED) is 0.454. The maximum absolute atomic E-state index is 8.98. The summed E-state index contributed by atoms with van der Waals surface area (Å²) in [6, 6.07) is 16.8. The molecule has 0 saturated carbocycles. The Bertz CT molecular complexity index is 1140. The number of fused-ring (bicyclic) bond motifs is 1. The van der Waals surface area contributed by atoms with Gasteiger partial charge in [-0.3, -0.25) is 0 Å². The zero-order chi connectivity index (χ0) is 22.1. The Balaban J connectivity index is 0.00000132. The van der Waals surface area contributed by atoms with Crippen molar-refractivity contribution in [3.8, 4) is 29.0 Å². The fraction of sp³-hybridized carbons (Fsp3) is 0.208. The number of nitrogens with zero attached hydrogens (tertiary/aromatic N) is 4. The highest BCUT2D eigenvalue weighted by molar-refractivity contribution is 5.67. The molecule has 0 unspecified atom stereocenters. The molecule has 0 amide bonds. The fourth-order valence-corrected chi connectivity index (χ4v) is 2.81. The summed E-state index contributed by atoms with van der Waals surface area (Å²) < 4.78 is 13.0. The lowest BCUT2D eigenvalue weighted by Gasteiger charge is -2.09. The molecule has 4 rings (SSSR count). The van der Waals surface area contributed by atoms with Crippen LogP contribution in [-0.4, -0.2) is 38.4 Å². The molecule has 7 nitrogen and oxygen atoms in total. The predicted octanol–water partition coefficient (Wildman–Crippen LogP) is 5.01. The molecule has 0 aliphatic rings. The van der Waals surface area contributed by atoms with Crippen LogP contribution < -0.4 is 9.47 Å². The zero-order valence-electron chi connectivity index (χ0n) is 17.9. The summed E-state index contributed by atoms with van der Waals surface area (Å²) in [7, 11) is 1.57. The Kier molecular flexibility index (Phi) is 7.73. The monoisotopic (exact) mass is 418 g/mol. The van der Waals surface area contributed by atoms with Crippen molar-refractivity contribution >= 4 is 11.6 Å². The van der Waals surface area contributed by atoms with Gasteiger partial charge in [-0.05, 0) is 36.2 Å². The highest BCUT2D eigenvalue weighted by Crippen LogP contribution is 2.28. The standard InChI is InChI=1S/C22H20N4O3.C2H6/c1-28-20-12-7-11-18(23-20)21-24-22(29-17-9-3-2-4-10-17)19-14-16(8-5-6-13-27)15-26(19)25-21;1-2/h2-5,7-12,14-15,27H,6,13H2,1H3;1-2H3/b8-5+;. The second-order valence-electron chi connectivity index (χ2n) is 6.24. The lowest BCUT2D eigenvalue weighted by molar-refractivity contribution is 0.303. The van der Waals surface area contributed by atoms with Gasteiger partial charge in [0.2, 0.25) is 17.6 Å². The first-order valence-electron chi connectivity index (χ1n) is 10.2. The number of methoxy groups -OCH3 is 1. The van der Waals surface area contributed by atoms with Gasteiger partial charge in [-0.25, -0.2) is 9.50 Å². The normalized spacial score (nSPS) is 10.7. The molecule has 160 valence electrons. The molecule has 4 aromatic rings. The first kappa shape index (κ1) is 22.0. The molecule has 0 saturated heterocycles. The third-order valence-electron chi connectivity index (χ3n) is 4.18. The van der Waals surface area contributed by atoms with Crippen LogP contribution in [0.2, 0.25) is 0 Å². The highest BCUT2D eigenvalue weighted by Gasteiger charge is 2.14. The fourth-order valence-electron chi connectivity index (χ4n) is 2.81. The van der Waals surface area contributed by atoms with E-state index >= 15 is 0 Å². The number of hydrogen-bond acceptors (Lipinski definition) is 6. The van der Waals surface area contributed by atoms with Crippen molar-refractivity contribution in [2.75, 3.05) is 13.7 Å². The van der Waals surface area contributed by atoms with Crippen LogP contribution in [-0.2, 0) is 0 Å². The van der Waals surface area contributed by atoms with E-state index < -0.39 is 0 Å². The van der Waals surface area contributed by atoms with E-state index in [-0.39, 0.29) is 6.61 Å². The molecular formula is C24H26N4O3. The van der Waals surface area contributed by atoms with Crippen LogP contribution in [0.15, 0.2) is 66.9 Å². The number of pyridine rings is 1. The molecule has 0 aliphatic carbocycles. The van der Waals surface area contributed by atoms with E-state index in [1.165, 1.54) is 0 Å². The van der Waals surface area contributed by atoms with Crippen LogP contribution in [0.5, 0.6) is 17.5 Å².